The Morgan fingerprint density at radius 3 is 2.39 bits per heavy atom. The van der Waals surface area contributed by atoms with Crippen LogP contribution in [0.25, 0.3) is 0 Å². The molecule has 2 saturated heterocycles. The molecule has 1 aromatic heterocycles. The molecule has 148 valence electrons. The van der Waals surface area contributed by atoms with E-state index >= 15 is 0 Å². The maximum absolute atomic E-state index is 12.7. The van der Waals surface area contributed by atoms with Crippen LogP contribution in [0.15, 0.2) is 42.5 Å². The summed E-state index contributed by atoms with van der Waals surface area (Å²) in [6, 6.07) is 14.2. The lowest BCUT2D eigenvalue weighted by Gasteiger charge is -2.41. The molecule has 4 rings (SSSR count). The van der Waals surface area contributed by atoms with E-state index in [-0.39, 0.29) is 17.2 Å². The van der Waals surface area contributed by atoms with Crippen LogP contribution in [0.3, 0.4) is 0 Å². The molecule has 0 atom stereocenters. The van der Waals surface area contributed by atoms with Crippen LogP contribution >= 0.6 is 11.3 Å². The molecule has 2 aromatic rings. The SMILES string of the molecule is Cc1ccc(C(=O)N2CCC3(CCC(=O)N(Cc4ccccc4)CC3)CC2)s1. The van der Waals surface area contributed by atoms with Gasteiger partial charge in [-0.3, -0.25) is 9.59 Å². The van der Waals surface area contributed by atoms with Crippen molar-refractivity contribution in [1.82, 2.24) is 9.80 Å². The summed E-state index contributed by atoms with van der Waals surface area (Å²) in [5.41, 5.74) is 1.40. The van der Waals surface area contributed by atoms with Gasteiger partial charge in [-0.2, -0.15) is 0 Å². The van der Waals surface area contributed by atoms with Crippen molar-refractivity contribution in [2.45, 2.75) is 45.6 Å². The zero-order valence-electron chi connectivity index (χ0n) is 16.5. The van der Waals surface area contributed by atoms with E-state index in [9.17, 15) is 9.59 Å². The highest BCUT2D eigenvalue weighted by atomic mass is 32.1. The monoisotopic (exact) mass is 396 g/mol. The summed E-state index contributed by atoms with van der Waals surface area (Å²) < 4.78 is 0. The van der Waals surface area contributed by atoms with Crippen LogP contribution in [0, 0.1) is 12.3 Å². The van der Waals surface area contributed by atoms with Crippen LogP contribution in [0.4, 0.5) is 0 Å². The van der Waals surface area contributed by atoms with Gasteiger partial charge in [0.15, 0.2) is 0 Å². The average Bonchev–Trinajstić information content (AvgIpc) is 3.10. The summed E-state index contributed by atoms with van der Waals surface area (Å²) in [6.45, 7) is 5.19. The van der Waals surface area contributed by atoms with Crippen molar-refractivity contribution in [1.29, 1.82) is 0 Å². The van der Waals surface area contributed by atoms with Crippen molar-refractivity contribution >= 4 is 23.2 Å². The number of likely N-dealkylation sites (tertiary alicyclic amines) is 2. The van der Waals surface area contributed by atoms with Crippen LogP contribution < -0.4 is 0 Å². The highest BCUT2D eigenvalue weighted by Crippen LogP contribution is 2.42. The van der Waals surface area contributed by atoms with E-state index in [1.165, 1.54) is 10.4 Å². The minimum absolute atomic E-state index is 0.170. The summed E-state index contributed by atoms with van der Waals surface area (Å²) in [5.74, 6) is 0.441. The predicted molar refractivity (Wildman–Crippen MR) is 112 cm³/mol. The number of piperidine rings is 1. The van der Waals surface area contributed by atoms with Crippen molar-refractivity contribution < 1.29 is 9.59 Å². The van der Waals surface area contributed by atoms with Crippen molar-refractivity contribution in [3.8, 4) is 0 Å². The number of carbonyl (C=O) groups is 2. The fourth-order valence-electron chi connectivity index (χ4n) is 4.51. The molecular weight excluding hydrogens is 368 g/mol. The van der Waals surface area contributed by atoms with E-state index < -0.39 is 0 Å². The second kappa shape index (κ2) is 8.08. The normalized spacial score (nSPS) is 19.7. The van der Waals surface area contributed by atoms with E-state index in [4.69, 9.17) is 0 Å². The molecule has 2 aliphatic rings. The highest BCUT2D eigenvalue weighted by Gasteiger charge is 2.39. The molecule has 0 bridgehead atoms. The molecule has 1 spiro atoms. The first kappa shape index (κ1) is 19.2. The lowest BCUT2D eigenvalue weighted by Crippen LogP contribution is -2.43. The van der Waals surface area contributed by atoms with E-state index in [2.05, 4.69) is 12.1 Å². The van der Waals surface area contributed by atoms with Crippen LogP contribution in [-0.2, 0) is 11.3 Å². The summed E-state index contributed by atoms with van der Waals surface area (Å²) in [5, 5.41) is 0. The topological polar surface area (TPSA) is 40.6 Å². The number of hydrogen-bond donors (Lipinski definition) is 0. The lowest BCUT2D eigenvalue weighted by atomic mass is 9.73. The van der Waals surface area contributed by atoms with E-state index in [1.54, 1.807) is 11.3 Å². The second-order valence-electron chi connectivity index (χ2n) is 8.25. The lowest BCUT2D eigenvalue weighted by molar-refractivity contribution is -0.131. The fourth-order valence-corrected chi connectivity index (χ4v) is 5.35. The van der Waals surface area contributed by atoms with Gasteiger partial charge in [0, 0.05) is 37.5 Å². The van der Waals surface area contributed by atoms with Crippen molar-refractivity contribution in [3.05, 3.63) is 57.8 Å². The van der Waals surface area contributed by atoms with Gasteiger partial charge >= 0.3 is 0 Å². The Kier molecular flexibility index (Phi) is 5.54. The molecule has 28 heavy (non-hydrogen) atoms. The number of benzene rings is 1. The molecule has 0 aliphatic carbocycles. The largest absolute Gasteiger partial charge is 0.338 e. The third-order valence-corrected chi connectivity index (χ3v) is 7.40. The van der Waals surface area contributed by atoms with Crippen LogP contribution in [0.5, 0.6) is 0 Å². The standard InChI is InChI=1S/C23H28N2O2S/c1-18-7-8-20(28-18)22(27)24-14-11-23(12-15-24)10-9-21(26)25(16-13-23)17-19-5-3-2-4-6-19/h2-8H,9-17H2,1H3. The fraction of sp³-hybridized carbons (Fsp3) is 0.478. The van der Waals surface area contributed by atoms with Gasteiger partial charge in [-0.25, -0.2) is 0 Å². The van der Waals surface area contributed by atoms with Crippen LogP contribution in [-0.4, -0.2) is 41.2 Å². The number of nitrogens with zero attached hydrogens (tertiary/aromatic N) is 2. The van der Waals surface area contributed by atoms with E-state index in [0.29, 0.717) is 13.0 Å². The molecule has 1 aromatic carbocycles. The van der Waals surface area contributed by atoms with Crippen molar-refractivity contribution in [2.24, 2.45) is 5.41 Å². The van der Waals surface area contributed by atoms with Gasteiger partial charge in [0.1, 0.15) is 0 Å². The minimum Gasteiger partial charge on any atom is -0.338 e. The second-order valence-corrected chi connectivity index (χ2v) is 9.54. The number of thiophene rings is 1. The molecule has 2 aliphatic heterocycles. The van der Waals surface area contributed by atoms with Gasteiger partial charge in [0.05, 0.1) is 4.88 Å². The first-order chi connectivity index (χ1) is 13.5. The number of rotatable bonds is 3. The first-order valence-corrected chi connectivity index (χ1v) is 11.0. The van der Waals surface area contributed by atoms with Gasteiger partial charge in [-0.1, -0.05) is 30.3 Å². The van der Waals surface area contributed by atoms with Gasteiger partial charge in [-0.15, -0.1) is 11.3 Å². The zero-order valence-corrected chi connectivity index (χ0v) is 17.3. The molecule has 2 amide bonds. The Labute approximate surface area is 171 Å². The zero-order chi connectivity index (χ0) is 19.6. The summed E-state index contributed by atoms with van der Waals surface area (Å²) in [6.07, 6.45) is 4.65. The smallest absolute Gasteiger partial charge is 0.263 e. The van der Waals surface area contributed by atoms with Gasteiger partial charge in [-0.05, 0) is 55.7 Å². The Balaban J connectivity index is 1.36. The predicted octanol–water partition coefficient (Wildman–Crippen LogP) is 4.49. The molecule has 0 radical (unpaired) electrons. The molecule has 0 unspecified atom stereocenters. The number of aryl methyl sites for hydroxylation is 1. The van der Waals surface area contributed by atoms with Gasteiger partial charge in [0.2, 0.25) is 5.91 Å². The molecule has 3 heterocycles. The number of hydrogen-bond acceptors (Lipinski definition) is 3. The number of carbonyl (C=O) groups excluding carboxylic acids is 2. The summed E-state index contributed by atoms with van der Waals surface area (Å²) >= 11 is 1.58. The van der Waals surface area contributed by atoms with Crippen LogP contribution in [0.1, 0.15) is 52.2 Å². The molecule has 2 fully saturated rings. The number of amides is 2. The third-order valence-electron chi connectivity index (χ3n) is 6.41. The maximum Gasteiger partial charge on any atom is 0.263 e. The summed E-state index contributed by atoms with van der Waals surface area (Å²) in [4.78, 5) is 31.5. The Morgan fingerprint density at radius 2 is 1.71 bits per heavy atom. The van der Waals surface area contributed by atoms with Crippen molar-refractivity contribution in [2.75, 3.05) is 19.6 Å². The average molecular weight is 397 g/mol. The third kappa shape index (κ3) is 4.14. The molecular formula is C23H28N2O2S. The van der Waals surface area contributed by atoms with Crippen molar-refractivity contribution in [3.63, 3.8) is 0 Å². The molecule has 5 heteroatoms. The Bertz CT molecular complexity index is 837. The molecule has 0 N–H and O–H groups in total. The Morgan fingerprint density at radius 1 is 1.00 bits per heavy atom. The summed E-state index contributed by atoms with van der Waals surface area (Å²) in [7, 11) is 0. The highest BCUT2D eigenvalue weighted by molar-refractivity contribution is 7.13. The minimum atomic E-state index is 0.170. The molecule has 4 nitrogen and oxygen atoms in total. The van der Waals surface area contributed by atoms with Crippen LogP contribution in [0.2, 0.25) is 0 Å². The Hall–Kier alpha value is -2.14. The first-order valence-electron chi connectivity index (χ1n) is 10.2. The maximum atomic E-state index is 12.7. The molecule has 0 saturated carbocycles. The van der Waals surface area contributed by atoms with Gasteiger partial charge in [0.25, 0.3) is 5.91 Å². The van der Waals surface area contributed by atoms with Gasteiger partial charge < -0.3 is 9.80 Å². The quantitative estimate of drug-likeness (QED) is 0.767. The van der Waals surface area contributed by atoms with E-state index in [0.717, 1.165) is 50.2 Å². The van der Waals surface area contributed by atoms with E-state index in [1.807, 2.05) is 47.1 Å².